The molecule has 146 valence electrons. The van der Waals surface area contributed by atoms with Crippen LogP contribution in [0, 0.1) is 55.4 Å². The second kappa shape index (κ2) is 7.56. The number of hydrogen-bond acceptors (Lipinski definition) is 7. The first-order chi connectivity index (χ1) is 13.8. The maximum absolute atomic E-state index is 11.7. The van der Waals surface area contributed by atoms with Crippen molar-refractivity contribution in [3.8, 4) is 18.2 Å². The lowest BCUT2D eigenvalue weighted by atomic mass is 9.58. The number of rotatable bonds is 3. The molecular formula is C20H17ClN6O2. The minimum atomic E-state index is -1.91. The minimum Gasteiger partial charge on any atom is -0.399 e. The van der Waals surface area contributed by atoms with Crippen LogP contribution in [0.5, 0.6) is 0 Å². The topological polar surface area (TPSA) is 144 Å². The molecule has 0 unspecified atom stereocenters. The van der Waals surface area contributed by atoms with E-state index in [-0.39, 0.29) is 27.5 Å². The van der Waals surface area contributed by atoms with Crippen molar-refractivity contribution >= 4 is 17.3 Å². The summed E-state index contributed by atoms with van der Waals surface area (Å²) in [5.41, 5.74) is 4.80. The number of fused-ring (bicyclic) bond motifs is 1. The molecule has 1 aliphatic heterocycles. The number of nitro groups is 1. The van der Waals surface area contributed by atoms with Gasteiger partial charge in [0.15, 0.2) is 5.41 Å². The van der Waals surface area contributed by atoms with E-state index >= 15 is 0 Å². The Morgan fingerprint density at radius 1 is 1.38 bits per heavy atom. The van der Waals surface area contributed by atoms with E-state index in [2.05, 4.69) is 4.90 Å². The first-order valence-electron chi connectivity index (χ1n) is 8.94. The predicted octanol–water partition coefficient (Wildman–Crippen LogP) is 2.99. The number of allylic oxidation sites excluding steroid dienone is 2. The summed E-state index contributed by atoms with van der Waals surface area (Å²) >= 11 is 5.96. The quantitative estimate of drug-likeness (QED) is 0.597. The third kappa shape index (κ3) is 3.02. The first kappa shape index (κ1) is 20.4. The van der Waals surface area contributed by atoms with Crippen molar-refractivity contribution in [1.29, 1.82) is 15.8 Å². The van der Waals surface area contributed by atoms with Crippen molar-refractivity contribution in [2.45, 2.75) is 12.8 Å². The molecule has 2 atom stereocenters. The van der Waals surface area contributed by atoms with Crippen LogP contribution >= 0.6 is 11.6 Å². The molecule has 1 aliphatic carbocycles. The van der Waals surface area contributed by atoms with Gasteiger partial charge in [-0.15, -0.1) is 0 Å². The summed E-state index contributed by atoms with van der Waals surface area (Å²) in [5.74, 6) is -1.40. The van der Waals surface area contributed by atoms with Crippen molar-refractivity contribution in [1.82, 2.24) is 4.90 Å². The summed E-state index contributed by atoms with van der Waals surface area (Å²) in [6, 6.07) is 10.2. The van der Waals surface area contributed by atoms with Crippen LogP contribution in [0.4, 0.5) is 5.69 Å². The van der Waals surface area contributed by atoms with Crippen LogP contribution in [0.3, 0.4) is 0 Å². The van der Waals surface area contributed by atoms with Gasteiger partial charge >= 0.3 is 0 Å². The van der Waals surface area contributed by atoms with Gasteiger partial charge in [0.25, 0.3) is 5.69 Å². The molecule has 8 nitrogen and oxygen atoms in total. The molecule has 1 aromatic carbocycles. The van der Waals surface area contributed by atoms with Crippen LogP contribution < -0.4 is 5.73 Å². The highest BCUT2D eigenvalue weighted by Gasteiger charge is 2.55. The van der Waals surface area contributed by atoms with E-state index in [0.717, 1.165) is 0 Å². The van der Waals surface area contributed by atoms with E-state index in [0.29, 0.717) is 25.2 Å². The fourth-order valence-corrected chi connectivity index (χ4v) is 4.45. The second-order valence-corrected chi connectivity index (χ2v) is 7.42. The smallest absolute Gasteiger partial charge is 0.274 e. The highest BCUT2D eigenvalue weighted by atomic mass is 35.5. The average molecular weight is 409 g/mol. The van der Waals surface area contributed by atoms with Crippen molar-refractivity contribution in [3.05, 3.63) is 61.8 Å². The maximum atomic E-state index is 11.7. The number of hydrogen-bond donors (Lipinski definition) is 1. The molecule has 0 radical (unpaired) electrons. The average Bonchev–Trinajstić information content (AvgIpc) is 2.73. The number of nitro benzene ring substituents is 1. The molecule has 0 saturated carbocycles. The lowest BCUT2D eigenvalue weighted by Gasteiger charge is -2.45. The third-order valence-electron chi connectivity index (χ3n) is 5.71. The van der Waals surface area contributed by atoms with Crippen molar-refractivity contribution in [2.75, 3.05) is 19.6 Å². The van der Waals surface area contributed by atoms with Gasteiger partial charge in [-0.25, -0.2) is 0 Å². The fraction of sp³-hybridized carbons (Fsp3) is 0.350. The summed E-state index contributed by atoms with van der Waals surface area (Å²) in [7, 11) is 0. The zero-order valence-electron chi connectivity index (χ0n) is 15.6. The molecule has 2 N–H and O–H groups in total. The van der Waals surface area contributed by atoms with E-state index in [1.54, 1.807) is 0 Å². The number of likely N-dealkylation sites (N-methyl/N-ethyl adjacent to an activating group) is 1. The molecular weight excluding hydrogens is 392 g/mol. The summed E-state index contributed by atoms with van der Waals surface area (Å²) in [6.07, 6.45) is 1.86. The van der Waals surface area contributed by atoms with Crippen molar-refractivity contribution in [2.24, 2.45) is 17.1 Å². The normalized spacial score (nSPS) is 23.2. The Morgan fingerprint density at radius 3 is 2.62 bits per heavy atom. The molecule has 0 amide bonds. The Kier molecular flexibility index (Phi) is 5.31. The van der Waals surface area contributed by atoms with E-state index in [1.165, 1.54) is 18.2 Å². The standard InChI is InChI=1S/C20H17ClN6O2/c1-2-26-6-5-13-15(8-22)19(25)20(10-23,11-24)18(16(13)9-26)14-4-3-12(21)7-17(14)27(28)29/h3-5,7,16,18H,2,6,9,25H2,1H3/t16-,18-/m0/s1. The van der Waals surface area contributed by atoms with Crippen LogP contribution in [0.2, 0.25) is 5.02 Å². The zero-order valence-corrected chi connectivity index (χ0v) is 16.3. The molecule has 2 aliphatic rings. The third-order valence-corrected chi connectivity index (χ3v) is 5.95. The van der Waals surface area contributed by atoms with Crippen LogP contribution in [0.1, 0.15) is 18.4 Å². The molecule has 0 fully saturated rings. The largest absolute Gasteiger partial charge is 0.399 e. The molecule has 1 aromatic rings. The van der Waals surface area contributed by atoms with E-state index in [4.69, 9.17) is 17.3 Å². The molecule has 0 saturated heterocycles. The molecule has 9 heteroatoms. The van der Waals surface area contributed by atoms with Crippen LogP contribution in [-0.2, 0) is 0 Å². The van der Waals surface area contributed by atoms with Gasteiger partial charge < -0.3 is 5.73 Å². The van der Waals surface area contributed by atoms with Gasteiger partial charge in [-0.2, -0.15) is 15.8 Å². The van der Waals surface area contributed by atoms with Crippen molar-refractivity contribution < 1.29 is 4.92 Å². The number of halogens is 1. The van der Waals surface area contributed by atoms with Crippen LogP contribution in [-0.4, -0.2) is 29.5 Å². The molecule has 0 aromatic heterocycles. The van der Waals surface area contributed by atoms with E-state index < -0.39 is 22.2 Å². The van der Waals surface area contributed by atoms with Gasteiger partial charge in [0.05, 0.1) is 28.3 Å². The Labute approximate surface area is 172 Å². The van der Waals surface area contributed by atoms with Gasteiger partial charge in [-0.3, -0.25) is 15.0 Å². The fourth-order valence-electron chi connectivity index (χ4n) is 4.28. The number of nitrogens with zero attached hydrogens (tertiary/aromatic N) is 5. The lowest BCUT2D eigenvalue weighted by molar-refractivity contribution is -0.385. The Morgan fingerprint density at radius 2 is 2.07 bits per heavy atom. The molecule has 0 bridgehead atoms. The predicted molar refractivity (Wildman–Crippen MR) is 105 cm³/mol. The summed E-state index contributed by atoms with van der Waals surface area (Å²) < 4.78 is 0. The van der Waals surface area contributed by atoms with E-state index in [1.807, 2.05) is 31.2 Å². The van der Waals surface area contributed by atoms with Gasteiger partial charge in [0.2, 0.25) is 0 Å². The van der Waals surface area contributed by atoms with Crippen LogP contribution in [0.15, 0.2) is 41.1 Å². The van der Waals surface area contributed by atoms with E-state index in [9.17, 15) is 25.9 Å². The number of nitriles is 3. The number of nitrogens with two attached hydrogens (primary N) is 1. The Bertz CT molecular complexity index is 1060. The molecule has 29 heavy (non-hydrogen) atoms. The van der Waals surface area contributed by atoms with Gasteiger partial charge in [-0.1, -0.05) is 30.7 Å². The molecule has 0 spiro atoms. The van der Waals surface area contributed by atoms with Crippen LogP contribution in [0.25, 0.3) is 0 Å². The van der Waals surface area contributed by atoms with Gasteiger partial charge in [0.1, 0.15) is 6.07 Å². The summed E-state index contributed by atoms with van der Waals surface area (Å²) in [4.78, 5) is 13.3. The highest BCUT2D eigenvalue weighted by Crippen LogP contribution is 2.55. The monoisotopic (exact) mass is 408 g/mol. The Hall–Kier alpha value is -3.38. The maximum Gasteiger partial charge on any atom is 0.274 e. The van der Waals surface area contributed by atoms with Gasteiger partial charge in [-0.05, 0) is 18.2 Å². The van der Waals surface area contributed by atoms with Crippen molar-refractivity contribution in [3.63, 3.8) is 0 Å². The Balaban J connectivity index is 2.39. The summed E-state index contributed by atoms with van der Waals surface area (Å²) in [5, 5.41) is 41.7. The highest BCUT2D eigenvalue weighted by molar-refractivity contribution is 6.30. The summed E-state index contributed by atoms with van der Waals surface area (Å²) in [6.45, 7) is 3.71. The lowest BCUT2D eigenvalue weighted by Crippen LogP contribution is -2.48. The SMILES string of the molecule is CCN1CC=C2C(C#N)=C(N)C(C#N)(C#N)[C@@H](c3ccc(Cl)cc3[N+](=O)[O-])[C@H]2C1. The first-order valence-corrected chi connectivity index (χ1v) is 9.31. The molecule has 1 heterocycles. The zero-order chi connectivity index (χ0) is 21.3. The number of benzene rings is 1. The minimum absolute atomic E-state index is 0.113. The second-order valence-electron chi connectivity index (χ2n) is 6.99. The van der Waals surface area contributed by atoms with Gasteiger partial charge in [0, 0.05) is 41.6 Å². The molecule has 3 rings (SSSR count).